The van der Waals surface area contributed by atoms with Crippen LogP contribution in [0.5, 0.6) is 0 Å². The zero-order valence-electron chi connectivity index (χ0n) is 11.4. The SMILES string of the molecule is FC(F)(F)C(F)(F)P(N1CCc2ccccc21)C(F)(F)C(F)(F)F. The van der Waals surface area contributed by atoms with E-state index in [1.54, 1.807) is 0 Å². The second-order valence-corrected chi connectivity index (χ2v) is 7.12. The minimum absolute atomic E-state index is 0.126. The van der Waals surface area contributed by atoms with Crippen LogP contribution < -0.4 is 4.67 Å². The van der Waals surface area contributed by atoms with Gasteiger partial charge in [0.15, 0.2) is 8.07 Å². The molecule has 1 aliphatic rings. The molecule has 0 spiro atoms. The Kier molecular flexibility index (Phi) is 4.48. The zero-order chi connectivity index (χ0) is 18.6. The zero-order valence-corrected chi connectivity index (χ0v) is 12.3. The normalized spacial score (nSPS) is 16.7. The van der Waals surface area contributed by atoms with Crippen LogP contribution in [0.2, 0.25) is 0 Å². The maximum Gasteiger partial charge on any atom is 0.459 e. The monoisotopic (exact) mass is 387 g/mol. The van der Waals surface area contributed by atoms with Gasteiger partial charge in [0.2, 0.25) is 0 Å². The fourth-order valence-corrected chi connectivity index (χ4v) is 4.40. The predicted octanol–water partition coefficient (Wildman–Crippen LogP) is 5.76. The number of benzene rings is 1. The maximum absolute atomic E-state index is 13.6. The molecule has 0 radical (unpaired) electrons. The average Bonchev–Trinajstić information content (AvgIpc) is 2.80. The quantitative estimate of drug-likeness (QED) is 0.471. The molecule has 1 aliphatic heterocycles. The van der Waals surface area contributed by atoms with E-state index < -0.39 is 44.0 Å². The Labute approximate surface area is 130 Å². The van der Waals surface area contributed by atoms with Gasteiger partial charge >= 0.3 is 23.7 Å². The molecule has 12 heteroatoms. The van der Waals surface area contributed by atoms with Crippen molar-refractivity contribution in [1.29, 1.82) is 0 Å². The molecule has 1 aromatic carbocycles. The molecule has 0 unspecified atom stereocenters. The van der Waals surface area contributed by atoms with E-state index in [4.69, 9.17) is 0 Å². The molecular weight excluding hydrogens is 379 g/mol. The molecule has 0 N–H and O–H groups in total. The average molecular weight is 387 g/mol. The third-order valence-corrected chi connectivity index (χ3v) is 5.79. The fraction of sp³-hybridized carbons (Fsp3) is 0.500. The van der Waals surface area contributed by atoms with Gasteiger partial charge in [0.05, 0.1) is 0 Å². The first-order chi connectivity index (χ1) is 10.7. The van der Waals surface area contributed by atoms with Gasteiger partial charge in [0.25, 0.3) is 0 Å². The van der Waals surface area contributed by atoms with Gasteiger partial charge in [-0.15, -0.1) is 0 Å². The van der Waals surface area contributed by atoms with Crippen molar-refractivity contribution in [2.75, 3.05) is 11.2 Å². The molecule has 24 heavy (non-hydrogen) atoms. The van der Waals surface area contributed by atoms with Gasteiger partial charge in [-0.2, -0.15) is 43.9 Å². The van der Waals surface area contributed by atoms with Gasteiger partial charge < -0.3 is 4.67 Å². The lowest BCUT2D eigenvalue weighted by Crippen LogP contribution is -2.49. The van der Waals surface area contributed by atoms with Crippen LogP contribution in [0, 0.1) is 0 Å². The Bertz CT molecular complexity index is 583. The Morgan fingerprint density at radius 2 is 1.21 bits per heavy atom. The van der Waals surface area contributed by atoms with E-state index in [1.807, 2.05) is 0 Å². The number of alkyl halides is 10. The molecule has 1 nitrogen and oxygen atoms in total. The van der Waals surface area contributed by atoms with Crippen molar-refractivity contribution in [2.24, 2.45) is 0 Å². The molecule has 0 atom stereocenters. The van der Waals surface area contributed by atoms with Crippen LogP contribution >= 0.6 is 8.07 Å². The highest BCUT2D eigenvalue weighted by Crippen LogP contribution is 2.74. The molecule has 0 bridgehead atoms. The Morgan fingerprint density at radius 1 is 0.750 bits per heavy atom. The lowest BCUT2D eigenvalue weighted by atomic mass is 10.2. The third kappa shape index (κ3) is 2.91. The second-order valence-electron chi connectivity index (χ2n) is 4.89. The van der Waals surface area contributed by atoms with Crippen LogP contribution in [0.15, 0.2) is 24.3 Å². The Morgan fingerprint density at radius 3 is 1.67 bits per heavy atom. The highest BCUT2D eigenvalue weighted by molar-refractivity contribution is 7.62. The van der Waals surface area contributed by atoms with Crippen LogP contribution in [-0.4, -0.2) is 30.2 Å². The molecule has 0 saturated heterocycles. The molecule has 0 aliphatic carbocycles. The van der Waals surface area contributed by atoms with Crippen LogP contribution in [0.3, 0.4) is 0 Å². The van der Waals surface area contributed by atoms with E-state index in [9.17, 15) is 43.9 Å². The van der Waals surface area contributed by atoms with Crippen molar-refractivity contribution in [2.45, 2.75) is 30.1 Å². The van der Waals surface area contributed by atoms with E-state index in [0.29, 0.717) is 0 Å². The van der Waals surface area contributed by atoms with Gasteiger partial charge in [-0.1, -0.05) is 18.2 Å². The highest BCUT2D eigenvalue weighted by Gasteiger charge is 2.78. The van der Waals surface area contributed by atoms with Crippen molar-refractivity contribution in [3.8, 4) is 0 Å². The lowest BCUT2D eigenvalue weighted by Gasteiger charge is -2.40. The number of anilines is 1. The van der Waals surface area contributed by atoms with Gasteiger partial charge in [0, 0.05) is 12.2 Å². The van der Waals surface area contributed by atoms with Crippen LogP contribution in [0.25, 0.3) is 0 Å². The molecule has 2 rings (SSSR count). The van der Waals surface area contributed by atoms with E-state index >= 15 is 0 Å². The van der Waals surface area contributed by atoms with Crippen LogP contribution in [0.4, 0.5) is 49.6 Å². The molecule has 0 saturated carbocycles. The minimum Gasteiger partial charge on any atom is -0.340 e. The number of hydrogen-bond acceptors (Lipinski definition) is 1. The maximum atomic E-state index is 13.6. The lowest BCUT2D eigenvalue weighted by molar-refractivity contribution is -0.262. The predicted molar refractivity (Wildman–Crippen MR) is 66.4 cm³/mol. The molecule has 1 heterocycles. The smallest absolute Gasteiger partial charge is 0.340 e. The first-order valence-corrected chi connectivity index (χ1v) is 7.55. The molecule has 0 fully saturated rings. The third-order valence-electron chi connectivity index (χ3n) is 3.32. The van der Waals surface area contributed by atoms with Gasteiger partial charge in [0.1, 0.15) is 0 Å². The van der Waals surface area contributed by atoms with E-state index in [1.165, 1.54) is 12.1 Å². The number of fused-ring (bicyclic) bond motifs is 1. The number of nitrogens with zero attached hydrogens (tertiary/aromatic N) is 1. The summed E-state index contributed by atoms with van der Waals surface area (Å²) in [6.07, 6.45) is -13.3. The van der Waals surface area contributed by atoms with Crippen LogP contribution in [-0.2, 0) is 6.42 Å². The Balaban J connectivity index is 2.62. The summed E-state index contributed by atoms with van der Waals surface area (Å²) in [6, 6.07) is 4.73. The van der Waals surface area contributed by atoms with E-state index in [0.717, 1.165) is 12.1 Å². The Hall–Kier alpha value is -1.25. The summed E-state index contributed by atoms with van der Waals surface area (Å²) < 4.78 is 130. The van der Waals surface area contributed by atoms with Gasteiger partial charge in [-0.05, 0) is 18.1 Å². The number of para-hydroxylation sites is 1. The summed E-state index contributed by atoms with van der Waals surface area (Å²) in [5, 5.41) is 0. The van der Waals surface area contributed by atoms with E-state index in [-0.39, 0.29) is 16.7 Å². The van der Waals surface area contributed by atoms with Crippen molar-refractivity contribution >= 4 is 13.8 Å². The van der Waals surface area contributed by atoms with E-state index in [2.05, 4.69) is 0 Å². The first kappa shape index (κ1) is 19.1. The fourth-order valence-electron chi connectivity index (χ4n) is 2.25. The minimum atomic E-state index is -6.55. The summed E-state index contributed by atoms with van der Waals surface area (Å²) in [4.78, 5) is 0. The van der Waals surface area contributed by atoms with Crippen molar-refractivity contribution in [3.63, 3.8) is 0 Å². The first-order valence-electron chi connectivity index (χ1n) is 6.26. The topological polar surface area (TPSA) is 3.24 Å². The number of hydrogen-bond donors (Lipinski definition) is 0. The summed E-state index contributed by atoms with van der Waals surface area (Å²) >= 11 is 0. The number of halogens is 10. The summed E-state index contributed by atoms with van der Waals surface area (Å²) in [5.41, 5.74) is -12.8. The van der Waals surface area contributed by atoms with Gasteiger partial charge in [-0.25, -0.2) is 0 Å². The second kappa shape index (κ2) is 5.64. The van der Waals surface area contributed by atoms with Crippen molar-refractivity contribution in [1.82, 2.24) is 0 Å². The molecule has 1 aromatic rings. The highest BCUT2D eigenvalue weighted by atomic mass is 31.1. The molecule has 136 valence electrons. The summed E-state index contributed by atoms with van der Waals surface area (Å²) in [7, 11) is -5.29. The summed E-state index contributed by atoms with van der Waals surface area (Å²) in [6.45, 7) is -0.789. The van der Waals surface area contributed by atoms with Crippen LogP contribution in [0.1, 0.15) is 5.56 Å². The van der Waals surface area contributed by atoms with Crippen molar-refractivity contribution in [3.05, 3.63) is 29.8 Å². The largest absolute Gasteiger partial charge is 0.459 e. The van der Waals surface area contributed by atoms with Crippen molar-refractivity contribution < 1.29 is 43.9 Å². The standard InChI is InChI=1S/C12H8F10NP/c13-9(14,15)11(19,20)24(12(21,22)10(16,17)18)23-6-5-7-3-1-2-4-8(7)23/h1-4H,5-6H2. The molecule has 0 amide bonds. The molecular formula is C12H8F10NP. The summed E-state index contributed by atoms with van der Waals surface area (Å²) in [5.74, 6) is 0. The van der Waals surface area contributed by atoms with Gasteiger partial charge in [-0.3, -0.25) is 0 Å². The molecule has 0 aromatic heterocycles. The number of rotatable bonds is 3.